The molecule has 2 aromatic rings. The molecule has 146 valence electrons. The van der Waals surface area contributed by atoms with Gasteiger partial charge in [0.15, 0.2) is 11.9 Å². The summed E-state index contributed by atoms with van der Waals surface area (Å²) in [6.07, 6.45) is 2.56. The van der Waals surface area contributed by atoms with Gasteiger partial charge in [-0.2, -0.15) is 0 Å². The summed E-state index contributed by atoms with van der Waals surface area (Å²) in [5.74, 6) is 0.0585. The van der Waals surface area contributed by atoms with Crippen LogP contribution in [0.25, 0.3) is 0 Å². The van der Waals surface area contributed by atoms with E-state index in [2.05, 4.69) is 39.8 Å². The average Bonchev–Trinajstić information content (AvgIpc) is 2.71. The van der Waals surface area contributed by atoms with Crippen molar-refractivity contribution in [1.82, 2.24) is 5.32 Å². The van der Waals surface area contributed by atoms with Gasteiger partial charge in [0.05, 0.1) is 11.3 Å². The fourth-order valence-electron chi connectivity index (χ4n) is 3.82. The summed E-state index contributed by atoms with van der Waals surface area (Å²) in [4.78, 5) is 26.8. The third-order valence-corrected chi connectivity index (χ3v) is 5.28. The van der Waals surface area contributed by atoms with Crippen LogP contribution in [-0.2, 0) is 11.2 Å². The van der Waals surface area contributed by atoms with Crippen LogP contribution in [0.15, 0.2) is 42.5 Å². The number of fused-ring (bicyclic) bond motifs is 2. The molecule has 6 nitrogen and oxygen atoms in total. The topological polar surface area (TPSA) is 70.7 Å². The Hall–Kier alpha value is -3.02. The predicted octanol–water partition coefficient (Wildman–Crippen LogP) is 2.98. The first kappa shape index (κ1) is 18.3. The van der Waals surface area contributed by atoms with Crippen LogP contribution in [0.1, 0.15) is 35.7 Å². The van der Waals surface area contributed by atoms with E-state index in [1.54, 1.807) is 25.1 Å². The first-order valence-electron chi connectivity index (χ1n) is 9.85. The predicted molar refractivity (Wildman–Crippen MR) is 109 cm³/mol. The van der Waals surface area contributed by atoms with Gasteiger partial charge in [0.25, 0.3) is 11.8 Å². The van der Waals surface area contributed by atoms with Gasteiger partial charge in [-0.15, -0.1) is 0 Å². The van der Waals surface area contributed by atoms with E-state index in [1.165, 1.54) is 17.7 Å². The zero-order chi connectivity index (χ0) is 19.5. The second-order valence-electron chi connectivity index (χ2n) is 7.26. The number of hydrogen-bond acceptors (Lipinski definition) is 4. The summed E-state index contributed by atoms with van der Waals surface area (Å²) in [5.41, 5.74) is 3.71. The summed E-state index contributed by atoms with van der Waals surface area (Å²) < 4.78 is 5.66. The minimum Gasteiger partial charge on any atom is -0.478 e. The molecule has 1 atom stereocenters. The van der Waals surface area contributed by atoms with Gasteiger partial charge in [-0.25, -0.2) is 0 Å². The van der Waals surface area contributed by atoms with Crippen LogP contribution < -0.4 is 20.3 Å². The molecule has 2 amide bonds. The number of anilines is 2. The summed E-state index contributed by atoms with van der Waals surface area (Å²) in [6.45, 7) is 4.23. The van der Waals surface area contributed by atoms with Crippen LogP contribution in [0.3, 0.4) is 0 Å². The maximum atomic E-state index is 12.6. The maximum Gasteiger partial charge on any atom is 0.265 e. The average molecular weight is 379 g/mol. The number of rotatable bonds is 5. The van der Waals surface area contributed by atoms with E-state index in [0.717, 1.165) is 25.9 Å². The van der Waals surface area contributed by atoms with E-state index < -0.39 is 6.10 Å². The Kier molecular flexibility index (Phi) is 5.19. The number of hydrogen-bond donors (Lipinski definition) is 2. The second kappa shape index (κ2) is 7.92. The highest BCUT2D eigenvalue weighted by Gasteiger charge is 2.27. The number of para-hydroxylation sites is 2. The Labute approximate surface area is 164 Å². The highest BCUT2D eigenvalue weighted by molar-refractivity contribution is 6.03. The molecule has 0 saturated heterocycles. The van der Waals surface area contributed by atoms with Gasteiger partial charge < -0.3 is 20.3 Å². The number of amides is 2. The summed E-state index contributed by atoms with van der Waals surface area (Å²) in [7, 11) is 0. The number of nitrogens with one attached hydrogen (secondary N) is 2. The van der Waals surface area contributed by atoms with E-state index in [9.17, 15) is 9.59 Å². The van der Waals surface area contributed by atoms with Crippen molar-refractivity contribution in [2.45, 2.75) is 32.3 Å². The monoisotopic (exact) mass is 379 g/mol. The minimum atomic E-state index is -0.611. The van der Waals surface area contributed by atoms with Crippen molar-refractivity contribution in [3.8, 4) is 5.75 Å². The molecule has 2 N–H and O–H groups in total. The standard InChI is InChI=1S/C22H25N3O3/c1-15-21(26)24-18-10-4-9-17(20(18)28-15)22(27)23-12-6-14-25-13-5-8-16-7-2-3-11-19(16)25/h2-4,7,9-11,15H,5-6,8,12-14H2,1H3,(H,23,27)(H,24,26). The lowest BCUT2D eigenvalue weighted by Gasteiger charge is -2.31. The van der Waals surface area contributed by atoms with Crippen LogP contribution in [0.4, 0.5) is 11.4 Å². The number of aryl methyl sites for hydroxylation is 1. The molecule has 2 aliphatic heterocycles. The third kappa shape index (κ3) is 3.67. The number of nitrogens with zero attached hydrogens (tertiary/aromatic N) is 1. The fourth-order valence-corrected chi connectivity index (χ4v) is 3.82. The molecule has 2 aliphatic rings. The molecular formula is C22H25N3O3. The molecule has 0 aromatic heterocycles. The highest BCUT2D eigenvalue weighted by Crippen LogP contribution is 2.33. The van der Waals surface area contributed by atoms with Gasteiger partial charge in [-0.05, 0) is 49.9 Å². The number of carbonyl (C=O) groups is 2. The molecule has 0 fully saturated rings. The van der Waals surface area contributed by atoms with Gasteiger partial charge in [0.2, 0.25) is 0 Å². The van der Waals surface area contributed by atoms with E-state index >= 15 is 0 Å². The Morgan fingerprint density at radius 1 is 1.25 bits per heavy atom. The lowest BCUT2D eigenvalue weighted by atomic mass is 10.0. The zero-order valence-electron chi connectivity index (χ0n) is 16.0. The van der Waals surface area contributed by atoms with Crippen molar-refractivity contribution in [3.05, 3.63) is 53.6 Å². The van der Waals surface area contributed by atoms with Crippen molar-refractivity contribution in [2.75, 3.05) is 29.9 Å². The molecule has 0 saturated carbocycles. The summed E-state index contributed by atoms with van der Waals surface area (Å²) in [5, 5.41) is 5.75. The number of ether oxygens (including phenoxy) is 1. The van der Waals surface area contributed by atoms with Gasteiger partial charge >= 0.3 is 0 Å². The van der Waals surface area contributed by atoms with Crippen molar-refractivity contribution < 1.29 is 14.3 Å². The highest BCUT2D eigenvalue weighted by atomic mass is 16.5. The molecule has 2 aromatic carbocycles. The molecule has 0 radical (unpaired) electrons. The molecule has 2 heterocycles. The molecule has 6 heteroatoms. The molecule has 0 bridgehead atoms. The SMILES string of the molecule is CC1Oc2c(cccc2C(=O)NCCCN2CCCc3ccccc32)NC1=O. The number of benzene rings is 2. The van der Waals surface area contributed by atoms with Gasteiger partial charge in [-0.1, -0.05) is 24.3 Å². The van der Waals surface area contributed by atoms with Crippen molar-refractivity contribution in [2.24, 2.45) is 0 Å². The quantitative estimate of drug-likeness (QED) is 0.784. The molecule has 28 heavy (non-hydrogen) atoms. The van der Waals surface area contributed by atoms with Crippen LogP contribution in [0, 0.1) is 0 Å². The lowest BCUT2D eigenvalue weighted by molar-refractivity contribution is -0.122. The maximum absolute atomic E-state index is 12.6. The van der Waals surface area contributed by atoms with Crippen LogP contribution in [0.2, 0.25) is 0 Å². The van der Waals surface area contributed by atoms with Gasteiger partial charge in [-0.3, -0.25) is 9.59 Å². The molecule has 4 rings (SSSR count). The minimum absolute atomic E-state index is 0.181. The first-order chi connectivity index (χ1) is 13.6. The zero-order valence-corrected chi connectivity index (χ0v) is 16.0. The summed E-state index contributed by atoms with van der Waals surface area (Å²) in [6, 6.07) is 13.8. The lowest BCUT2D eigenvalue weighted by Crippen LogP contribution is -2.36. The molecule has 0 spiro atoms. The summed E-state index contributed by atoms with van der Waals surface area (Å²) >= 11 is 0. The molecule has 0 aliphatic carbocycles. The van der Waals surface area contributed by atoms with Crippen molar-refractivity contribution in [3.63, 3.8) is 0 Å². The van der Waals surface area contributed by atoms with E-state index in [4.69, 9.17) is 4.74 Å². The normalized spacial score (nSPS) is 17.8. The Morgan fingerprint density at radius 3 is 3.00 bits per heavy atom. The van der Waals surface area contributed by atoms with Crippen molar-refractivity contribution in [1.29, 1.82) is 0 Å². The van der Waals surface area contributed by atoms with Gasteiger partial charge in [0, 0.05) is 25.3 Å². The van der Waals surface area contributed by atoms with Crippen LogP contribution in [0.5, 0.6) is 5.75 Å². The van der Waals surface area contributed by atoms with Crippen LogP contribution in [-0.4, -0.2) is 37.6 Å². The number of carbonyl (C=O) groups excluding carboxylic acids is 2. The van der Waals surface area contributed by atoms with Crippen LogP contribution >= 0.6 is 0 Å². The Bertz CT molecular complexity index is 896. The molecular weight excluding hydrogens is 354 g/mol. The largest absolute Gasteiger partial charge is 0.478 e. The Morgan fingerprint density at radius 2 is 2.11 bits per heavy atom. The Balaban J connectivity index is 1.34. The fraction of sp³-hybridized carbons (Fsp3) is 0.364. The van der Waals surface area contributed by atoms with E-state index in [-0.39, 0.29) is 11.8 Å². The molecule has 1 unspecified atom stereocenters. The first-order valence-corrected chi connectivity index (χ1v) is 9.85. The van der Waals surface area contributed by atoms with E-state index in [1.807, 2.05) is 0 Å². The van der Waals surface area contributed by atoms with Gasteiger partial charge in [0.1, 0.15) is 0 Å². The smallest absolute Gasteiger partial charge is 0.265 e. The van der Waals surface area contributed by atoms with E-state index in [0.29, 0.717) is 23.5 Å². The van der Waals surface area contributed by atoms with Crippen molar-refractivity contribution >= 4 is 23.2 Å². The second-order valence-corrected chi connectivity index (χ2v) is 7.26. The third-order valence-electron chi connectivity index (χ3n) is 5.28.